The van der Waals surface area contributed by atoms with Crippen LogP contribution < -0.4 is 0 Å². The zero-order valence-electron chi connectivity index (χ0n) is 21.2. The van der Waals surface area contributed by atoms with Crippen LogP contribution in [0.1, 0.15) is 57.9 Å². The minimum Gasteiger partial charge on any atom is -0.478 e. The van der Waals surface area contributed by atoms with Crippen LogP contribution in [-0.4, -0.2) is 34.7 Å². The van der Waals surface area contributed by atoms with Gasteiger partial charge < -0.3 is 5.11 Å². The first kappa shape index (κ1) is 27.2. The molecule has 1 fully saturated rings. The normalized spacial score (nSPS) is 22.7. The number of alkyl halides is 4. The average Bonchev–Trinajstić information content (AvgIpc) is 3.22. The number of hydrogen-bond donors (Lipinski definition) is 1. The largest absolute Gasteiger partial charge is 0.478 e. The molecule has 0 radical (unpaired) electrons. The number of aryl methyl sites for hydroxylation is 1. The first-order valence-corrected chi connectivity index (χ1v) is 12.7. The van der Waals surface area contributed by atoms with Crippen LogP contribution in [0.4, 0.5) is 26.3 Å². The second-order valence-electron chi connectivity index (χ2n) is 10.7. The maximum absolute atomic E-state index is 14.8. The van der Waals surface area contributed by atoms with Crippen LogP contribution in [0.15, 0.2) is 60.7 Å². The Hall–Kier alpha value is -3.33. The SMILES string of the molecule is CC(F)(c1ccc2c(c1)CC[C@H]1N(Cc3ccc(C(=O)O)c(F)c3)CC[C@@]21Cc1ccc(F)cc1)C(F)(F)F. The monoisotopic (exact) mass is 547 g/mol. The van der Waals surface area contributed by atoms with E-state index in [0.717, 1.165) is 11.1 Å². The lowest BCUT2D eigenvalue weighted by Gasteiger charge is -2.44. The van der Waals surface area contributed by atoms with Crippen LogP contribution in [0.5, 0.6) is 0 Å². The highest BCUT2D eigenvalue weighted by Gasteiger charge is 2.55. The maximum Gasteiger partial charge on any atom is 0.426 e. The molecule has 1 heterocycles. The summed E-state index contributed by atoms with van der Waals surface area (Å²) < 4.78 is 83.2. The van der Waals surface area contributed by atoms with Crippen molar-refractivity contribution in [1.82, 2.24) is 4.90 Å². The number of carboxylic acid groups (broad SMARTS) is 1. The van der Waals surface area contributed by atoms with Gasteiger partial charge in [-0.1, -0.05) is 36.4 Å². The first-order valence-electron chi connectivity index (χ1n) is 12.7. The average molecular weight is 548 g/mol. The molecule has 0 amide bonds. The van der Waals surface area contributed by atoms with E-state index < -0.39 is 40.2 Å². The van der Waals surface area contributed by atoms with Crippen LogP contribution in [0, 0.1) is 11.6 Å². The van der Waals surface area contributed by atoms with Gasteiger partial charge in [-0.2, -0.15) is 13.2 Å². The van der Waals surface area contributed by atoms with Crippen LogP contribution >= 0.6 is 0 Å². The van der Waals surface area contributed by atoms with Crippen molar-refractivity contribution < 1.29 is 36.2 Å². The smallest absolute Gasteiger partial charge is 0.426 e. The number of likely N-dealkylation sites (tertiary alicyclic amines) is 1. The highest BCUT2D eigenvalue weighted by molar-refractivity contribution is 5.87. The Labute approximate surface area is 222 Å². The lowest BCUT2D eigenvalue weighted by Crippen LogP contribution is -2.47. The molecule has 3 nitrogen and oxygen atoms in total. The van der Waals surface area contributed by atoms with Gasteiger partial charge in [0.15, 0.2) is 0 Å². The van der Waals surface area contributed by atoms with Crippen LogP contribution in [0.25, 0.3) is 0 Å². The number of hydrogen-bond acceptors (Lipinski definition) is 2. The summed E-state index contributed by atoms with van der Waals surface area (Å²) in [5.41, 5.74) is -1.89. The first-order chi connectivity index (χ1) is 18.3. The third-order valence-corrected chi connectivity index (χ3v) is 8.41. The van der Waals surface area contributed by atoms with Gasteiger partial charge >= 0.3 is 12.1 Å². The molecule has 0 bridgehead atoms. The zero-order valence-corrected chi connectivity index (χ0v) is 21.2. The van der Waals surface area contributed by atoms with Gasteiger partial charge in [-0.3, -0.25) is 4.90 Å². The van der Waals surface area contributed by atoms with E-state index in [1.807, 2.05) is 0 Å². The van der Waals surface area contributed by atoms with Crippen molar-refractivity contribution in [3.05, 3.63) is 106 Å². The van der Waals surface area contributed by atoms with Crippen molar-refractivity contribution in [3.63, 3.8) is 0 Å². The highest BCUT2D eigenvalue weighted by atomic mass is 19.4. The second-order valence-corrected chi connectivity index (χ2v) is 10.7. The van der Waals surface area contributed by atoms with Gasteiger partial charge in [0.25, 0.3) is 0 Å². The van der Waals surface area contributed by atoms with E-state index in [1.54, 1.807) is 24.3 Å². The Bertz CT molecular complexity index is 1400. The molecule has 1 saturated heterocycles. The minimum atomic E-state index is -5.06. The van der Waals surface area contributed by atoms with Gasteiger partial charge in [-0.05, 0) is 91.2 Å². The van der Waals surface area contributed by atoms with Crippen molar-refractivity contribution in [2.75, 3.05) is 6.54 Å². The maximum atomic E-state index is 14.8. The molecule has 3 atom stereocenters. The molecule has 1 N–H and O–H groups in total. The van der Waals surface area contributed by atoms with E-state index in [0.29, 0.717) is 56.8 Å². The summed E-state index contributed by atoms with van der Waals surface area (Å²) in [4.78, 5) is 13.4. The quantitative estimate of drug-likeness (QED) is 0.335. The molecule has 1 aliphatic heterocycles. The molecule has 0 aromatic heterocycles. The predicted octanol–water partition coefficient (Wildman–Crippen LogP) is 7.11. The van der Waals surface area contributed by atoms with Crippen molar-refractivity contribution in [1.29, 1.82) is 0 Å². The molecule has 3 aromatic carbocycles. The van der Waals surface area contributed by atoms with Gasteiger partial charge in [-0.25, -0.2) is 18.0 Å². The van der Waals surface area contributed by atoms with Crippen molar-refractivity contribution in [2.45, 2.75) is 62.5 Å². The molecule has 9 heteroatoms. The molecular weight excluding hydrogens is 520 g/mol. The summed E-state index contributed by atoms with van der Waals surface area (Å²) in [6, 6.07) is 14.2. The fourth-order valence-electron chi connectivity index (χ4n) is 6.34. The van der Waals surface area contributed by atoms with E-state index >= 15 is 0 Å². The van der Waals surface area contributed by atoms with Crippen LogP contribution in [0.2, 0.25) is 0 Å². The Balaban J connectivity index is 1.53. The van der Waals surface area contributed by atoms with E-state index in [1.165, 1.54) is 36.4 Å². The van der Waals surface area contributed by atoms with Crippen LogP contribution in [-0.2, 0) is 30.5 Å². The Morgan fingerprint density at radius 3 is 2.33 bits per heavy atom. The van der Waals surface area contributed by atoms with E-state index in [4.69, 9.17) is 5.11 Å². The molecule has 2 aliphatic rings. The fourth-order valence-corrected chi connectivity index (χ4v) is 6.34. The second kappa shape index (κ2) is 9.70. The van der Waals surface area contributed by atoms with E-state index in [-0.39, 0.29) is 11.9 Å². The minimum absolute atomic E-state index is 0.0671. The number of nitrogens with zero attached hydrogens (tertiary/aromatic N) is 1. The lowest BCUT2D eigenvalue weighted by atomic mass is 9.63. The number of carbonyl (C=O) groups is 1. The summed E-state index contributed by atoms with van der Waals surface area (Å²) in [5.74, 6) is -2.55. The molecule has 3 aromatic rings. The van der Waals surface area contributed by atoms with E-state index in [2.05, 4.69) is 4.90 Å². The number of carboxylic acids is 1. The Morgan fingerprint density at radius 2 is 1.69 bits per heavy atom. The van der Waals surface area contributed by atoms with Crippen LogP contribution in [0.3, 0.4) is 0 Å². The lowest BCUT2D eigenvalue weighted by molar-refractivity contribution is -0.228. The molecule has 206 valence electrons. The number of aromatic carboxylic acids is 1. The predicted molar refractivity (Wildman–Crippen MR) is 133 cm³/mol. The fraction of sp³-hybridized carbons (Fsp3) is 0.367. The molecule has 39 heavy (non-hydrogen) atoms. The van der Waals surface area contributed by atoms with Crippen molar-refractivity contribution >= 4 is 5.97 Å². The number of benzene rings is 3. The Morgan fingerprint density at radius 1 is 1.00 bits per heavy atom. The van der Waals surface area contributed by atoms with Gasteiger partial charge in [0.2, 0.25) is 5.67 Å². The van der Waals surface area contributed by atoms with Gasteiger partial charge in [0.05, 0.1) is 5.56 Å². The molecule has 5 rings (SSSR count). The topological polar surface area (TPSA) is 40.5 Å². The third kappa shape index (κ3) is 4.81. The zero-order chi connectivity index (χ0) is 28.2. The van der Waals surface area contributed by atoms with Gasteiger partial charge in [0.1, 0.15) is 11.6 Å². The molecule has 1 unspecified atom stereocenters. The molecule has 0 saturated carbocycles. The van der Waals surface area contributed by atoms with Gasteiger partial charge in [0, 0.05) is 18.0 Å². The molecule has 0 spiro atoms. The summed E-state index contributed by atoms with van der Waals surface area (Å²) in [6.45, 7) is 1.50. The van der Waals surface area contributed by atoms with Gasteiger partial charge in [-0.15, -0.1) is 0 Å². The Kier molecular flexibility index (Phi) is 6.77. The van der Waals surface area contributed by atoms with E-state index in [9.17, 15) is 31.1 Å². The number of fused-ring (bicyclic) bond motifs is 3. The van der Waals surface area contributed by atoms with Crippen molar-refractivity contribution in [3.8, 4) is 0 Å². The summed E-state index contributed by atoms with van der Waals surface area (Å²) in [5, 5.41) is 9.13. The standard InChI is InChI=1S/C30H27F6NO2/c1-28(33,30(34,35)36)21-6-10-24-20(15-21)5-11-26-29(24,16-18-2-7-22(31)8-3-18)12-13-37(26)17-19-4-9-23(27(38)39)25(32)14-19/h2-4,6-10,14-15,26H,5,11-13,16-17H2,1H3,(H,38,39)/t26-,28?,29-/m1/s1. The summed E-state index contributed by atoms with van der Waals surface area (Å²) >= 11 is 0. The third-order valence-electron chi connectivity index (χ3n) is 8.41. The highest BCUT2D eigenvalue weighted by Crippen LogP contribution is 2.51. The number of halogens is 6. The summed E-state index contributed by atoms with van der Waals surface area (Å²) in [6.07, 6.45) is -2.89. The molecular formula is C30H27F6NO2. The summed E-state index contributed by atoms with van der Waals surface area (Å²) in [7, 11) is 0. The van der Waals surface area contributed by atoms with Crippen molar-refractivity contribution in [2.24, 2.45) is 0 Å². The number of rotatable bonds is 6. The molecule has 1 aliphatic carbocycles.